The Kier molecular flexibility index (Phi) is 1.93. The zero-order valence-corrected chi connectivity index (χ0v) is 9.11. The van der Waals surface area contributed by atoms with Crippen LogP contribution in [0.15, 0.2) is 18.2 Å². The highest BCUT2D eigenvalue weighted by molar-refractivity contribution is 5.89. The van der Waals surface area contributed by atoms with Crippen LogP contribution in [0.5, 0.6) is 0 Å². The van der Waals surface area contributed by atoms with Crippen LogP contribution >= 0.6 is 0 Å². The second-order valence-electron chi connectivity index (χ2n) is 4.50. The monoisotopic (exact) mass is 204 g/mol. The highest BCUT2D eigenvalue weighted by Gasteiger charge is 2.35. The molecule has 2 rings (SSSR count). The van der Waals surface area contributed by atoms with Crippen LogP contribution in [0.1, 0.15) is 29.8 Å². The van der Waals surface area contributed by atoms with E-state index < -0.39 is 5.97 Å². The molecule has 1 aliphatic rings. The van der Waals surface area contributed by atoms with Crippen molar-refractivity contribution in [3.8, 4) is 0 Å². The summed E-state index contributed by atoms with van der Waals surface area (Å²) in [5.74, 6) is -0.872. The smallest absolute Gasteiger partial charge is 0.335 e. The number of hydrogen-bond donors (Lipinski definition) is 1. The molecule has 1 aromatic carbocycles. The van der Waals surface area contributed by atoms with Crippen molar-refractivity contribution in [2.45, 2.75) is 19.3 Å². The molecule has 0 bridgehead atoms. The summed E-state index contributed by atoms with van der Waals surface area (Å²) in [6.45, 7) is 4.17. The van der Waals surface area contributed by atoms with E-state index in [-0.39, 0.29) is 5.41 Å². The molecule has 0 aromatic heterocycles. The third-order valence-electron chi connectivity index (χ3n) is 2.83. The van der Waals surface area contributed by atoms with Crippen LogP contribution in [0.25, 0.3) is 0 Å². The van der Waals surface area contributed by atoms with Gasteiger partial charge < -0.3 is 5.11 Å². The van der Waals surface area contributed by atoms with E-state index in [1.165, 1.54) is 0 Å². The number of carboxylic acid groups (broad SMARTS) is 1. The van der Waals surface area contributed by atoms with Gasteiger partial charge in [-0.25, -0.2) is 9.37 Å². The largest absolute Gasteiger partial charge is 0.478 e. The van der Waals surface area contributed by atoms with Gasteiger partial charge in [0.1, 0.15) is 7.05 Å². The number of fused-ring (bicyclic) bond motifs is 1. The molecule has 0 radical (unpaired) electrons. The minimum atomic E-state index is -0.872. The van der Waals surface area contributed by atoms with Crippen molar-refractivity contribution in [3.63, 3.8) is 0 Å². The lowest BCUT2D eigenvalue weighted by atomic mass is 9.86. The van der Waals surface area contributed by atoms with Crippen LogP contribution in [0.2, 0.25) is 0 Å². The Morgan fingerprint density at radius 2 is 2.07 bits per heavy atom. The third kappa shape index (κ3) is 1.44. The molecular weight excluding hydrogens is 190 g/mol. The molecule has 0 saturated heterocycles. The van der Waals surface area contributed by atoms with E-state index in [0.29, 0.717) is 5.56 Å². The standard InChI is InChI=1S/C12H13NO2/c1-12(2)7-13(3)10-5-4-8(11(14)15)6-9(10)12/h4-7H,1-3H3/p+1. The van der Waals surface area contributed by atoms with Gasteiger partial charge in [0.25, 0.3) is 0 Å². The van der Waals surface area contributed by atoms with Crippen LogP contribution in [-0.4, -0.2) is 28.9 Å². The SMILES string of the molecule is C[N+]1=CC(C)(C)c2cc(C(=O)O)ccc21. The molecule has 0 unspecified atom stereocenters. The molecule has 1 aromatic rings. The summed E-state index contributed by atoms with van der Waals surface area (Å²) < 4.78 is 2.04. The van der Waals surface area contributed by atoms with Gasteiger partial charge in [-0.2, -0.15) is 0 Å². The minimum absolute atomic E-state index is 0.0878. The fourth-order valence-electron chi connectivity index (χ4n) is 2.12. The Balaban J connectivity index is 2.62. The van der Waals surface area contributed by atoms with Crippen LogP contribution in [0, 0.1) is 0 Å². The number of carboxylic acids is 1. The summed E-state index contributed by atoms with van der Waals surface area (Å²) >= 11 is 0. The van der Waals surface area contributed by atoms with Crippen LogP contribution in [-0.2, 0) is 5.41 Å². The van der Waals surface area contributed by atoms with E-state index in [1.54, 1.807) is 12.1 Å². The fourth-order valence-corrected chi connectivity index (χ4v) is 2.12. The van der Waals surface area contributed by atoms with Crippen molar-refractivity contribution in [2.24, 2.45) is 0 Å². The molecular formula is C12H14NO2+. The van der Waals surface area contributed by atoms with Crippen molar-refractivity contribution in [2.75, 3.05) is 7.05 Å². The molecule has 0 spiro atoms. The first-order valence-electron chi connectivity index (χ1n) is 4.88. The first-order valence-corrected chi connectivity index (χ1v) is 4.88. The van der Waals surface area contributed by atoms with Crippen LogP contribution < -0.4 is 0 Å². The van der Waals surface area contributed by atoms with E-state index >= 15 is 0 Å². The molecule has 15 heavy (non-hydrogen) atoms. The quantitative estimate of drug-likeness (QED) is 0.711. The number of aromatic carboxylic acids is 1. The Morgan fingerprint density at radius 1 is 1.40 bits per heavy atom. The van der Waals surface area contributed by atoms with Gasteiger partial charge in [0.05, 0.1) is 11.0 Å². The zero-order chi connectivity index (χ0) is 11.2. The molecule has 0 saturated carbocycles. The predicted octanol–water partition coefficient (Wildman–Crippen LogP) is 2.02. The summed E-state index contributed by atoms with van der Waals surface area (Å²) in [6, 6.07) is 5.27. The van der Waals surface area contributed by atoms with Gasteiger partial charge in [-0.1, -0.05) is 0 Å². The number of benzene rings is 1. The molecule has 3 nitrogen and oxygen atoms in total. The van der Waals surface area contributed by atoms with Gasteiger partial charge >= 0.3 is 5.97 Å². The second kappa shape index (κ2) is 2.92. The lowest BCUT2D eigenvalue weighted by Gasteiger charge is -2.11. The molecule has 3 heteroatoms. The summed E-state index contributed by atoms with van der Waals surface area (Å²) in [5, 5.41) is 8.93. The fraction of sp³-hybridized carbons (Fsp3) is 0.333. The lowest BCUT2D eigenvalue weighted by Crippen LogP contribution is -2.16. The molecule has 0 aliphatic carbocycles. The highest BCUT2D eigenvalue weighted by Crippen LogP contribution is 2.35. The average Bonchev–Trinajstić information content (AvgIpc) is 2.37. The summed E-state index contributed by atoms with van der Waals surface area (Å²) in [6.07, 6.45) is 2.10. The second-order valence-corrected chi connectivity index (χ2v) is 4.50. The summed E-state index contributed by atoms with van der Waals surface area (Å²) in [4.78, 5) is 10.9. The van der Waals surface area contributed by atoms with E-state index in [4.69, 9.17) is 5.11 Å². The Labute approximate surface area is 88.7 Å². The van der Waals surface area contributed by atoms with Gasteiger partial charge in [0.15, 0.2) is 6.21 Å². The van der Waals surface area contributed by atoms with Crippen LogP contribution in [0.3, 0.4) is 0 Å². The topological polar surface area (TPSA) is 40.3 Å². The summed E-state index contributed by atoms with van der Waals surface area (Å²) in [7, 11) is 1.98. The van der Waals surface area contributed by atoms with Gasteiger partial charge in [0.2, 0.25) is 5.69 Å². The average molecular weight is 204 g/mol. The van der Waals surface area contributed by atoms with Crippen molar-refractivity contribution in [1.29, 1.82) is 0 Å². The molecule has 0 atom stereocenters. The molecule has 1 aliphatic heterocycles. The number of rotatable bonds is 1. The predicted molar refractivity (Wildman–Crippen MR) is 58.3 cm³/mol. The first kappa shape index (κ1) is 9.90. The normalized spacial score (nSPS) is 17.1. The maximum atomic E-state index is 10.9. The van der Waals surface area contributed by atoms with Crippen molar-refractivity contribution >= 4 is 17.9 Å². The van der Waals surface area contributed by atoms with Crippen LogP contribution in [0.4, 0.5) is 5.69 Å². The lowest BCUT2D eigenvalue weighted by molar-refractivity contribution is -0.397. The molecule has 1 N–H and O–H groups in total. The number of hydrogen-bond acceptors (Lipinski definition) is 1. The summed E-state index contributed by atoms with van der Waals surface area (Å²) in [5.41, 5.74) is 2.43. The molecule has 1 heterocycles. The van der Waals surface area contributed by atoms with Crippen molar-refractivity contribution < 1.29 is 14.5 Å². The van der Waals surface area contributed by atoms with Gasteiger partial charge in [0, 0.05) is 11.6 Å². The zero-order valence-electron chi connectivity index (χ0n) is 9.11. The van der Waals surface area contributed by atoms with Crippen molar-refractivity contribution in [1.82, 2.24) is 0 Å². The number of carbonyl (C=O) groups is 1. The van der Waals surface area contributed by atoms with E-state index in [1.807, 2.05) is 17.7 Å². The Bertz CT molecular complexity index is 473. The maximum Gasteiger partial charge on any atom is 0.335 e. The van der Waals surface area contributed by atoms with Gasteiger partial charge in [-0.3, -0.25) is 0 Å². The molecule has 78 valence electrons. The van der Waals surface area contributed by atoms with Gasteiger partial charge in [-0.15, -0.1) is 0 Å². The Hall–Kier alpha value is -1.64. The first-order chi connectivity index (χ1) is 6.92. The third-order valence-corrected chi connectivity index (χ3v) is 2.83. The Morgan fingerprint density at radius 3 is 2.67 bits per heavy atom. The van der Waals surface area contributed by atoms with E-state index in [0.717, 1.165) is 11.3 Å². The van der Waals surface area contributed by atoms with Gasteiger partial charge in [-0.05, 0) is 26.0 Å². The highest BCUT2D eigenvalue weighted by atomic mass is 16.4. The van der Waals surface area contributed by atoms with Crippen molar-refractivity contribution in [3.05, 3.63) is 29.3 Å². The molecule has 0 fully saturated rings. The minimum Gasteiger partial charge on any atom is -0.478 e. The molecule has 0 amide bonds. The van der Waals surface area contributed by atoms with E-state index in [2.05, 4.69) is 20.1 Å². The number of nitrogens with zero attached hydrogens (tertiary/aromatic N) is 1. The maximum absolute atomic E-state index is 10.9. The van der Waals surface area contributed by atoms with E-state index in [9.17, 15) is 4.79 Å².